The van der Waals surface area contributed by atoms with Crippen LogP contribution in [0.15, 0.2) is 18.2 Å². The number of carbonyl (C=O) groups is 2. The highest BCUT2D eigenvalue weighted by atomic mass is 35.5. The van der Waals surface area contributed by atoms with Crippen LogP contribution in [0, 0.1) is 0 Å². The van der Waals surface area contributed by atoms with Crippen molar-refractivity contribution in [2.75, 3.05) is 0 Å². The van der Waals surface area contributed by atoms with E-state index in [1.807, 2.05) is 0 Å². The minimum atomic E-state index is -1.04. The van der Waals surface area contributed by atoms with Gasteiger partial charge in [0.25, 0.3) is 0 Å². The maximum absolute atomic E-state index is 12.2. The fourth-order valence-corrected chi connectivity index (χ4v) is 2.48. The van der Waals surface area contributed by atoms with E-state index in [0.29, 0.717) is 5.02 Å². The van der Waals surface area contributed by atoms with Crippen LogP contribution in [-0.2, 0) is 22.5 Å². The number of carbonyl (C=O) groups excluding carboxylic acids is 1. The fraction of sp³-hybridized carbons (Fsp3) is 0.467. The van der Waals surface area contributed by atoms with Crippen molar-refractivity contribution in [2.24, 2.45) is 0 Å². The number of hydrogen-bond acceptors (Lipinski definition) is 3. The third-order valence-corrected chi connectivity index (χ3v) is 3.45. The van der Waals surface area contributed by atoms with E-state index < -0.39 is 23.7 Å². The van der Waals surface area contributed by atoms with Gasteiger partial charge in [0, 0.05) is 11.4 Å². The first-order chi connectivity index (χ1) is 9.67. The molecule has 6 heteroatoms. The SMILES string of the molecule is CC(C)(C)OC(=O)N1Cc2cc(Cl)ccc2C[C@H]1C(=O)O. The lowest BCUT2D eigenvalue weighted by molar-refractivity contribution is -0.143. The molecule has 0 fully saturated rings. The molecule has 1 aliphatic rings. The highest BCUT2D eigenvalue weighted by Gasteiger charge is 2.36. The zero-order chi connectivity index (χ0) is 15.8. The predicted octanol–water partition coefficient (Wildman–Crippen LogP) is 3.09. The molecule has 1 heterocycles. The van der Waals surface area contributed by atoms with Crippen molar-refractivity contribution in [3.8, 4) is 0 Å². The second kappa shape index (κ2) is 5.56. The van der Waals surface area contributed by atoms with Gasteiger partial charge in [-0.15, -0.1) is 0 Å². The van der Waals surface area contributed by atoms with E-state index in [4.69, 9.17) is 16.3 Å². The summed E-state index contributed by atoms with van der Waals surface area (Å²) in [6.07, 6.45) is -0.373. The summed E-state index contributed by atoms with van der Waals surface area (Å²) in [7, 11) is 0. The Hall–Kier alpha value is -1.75. The van der Waals surface area contributed by atoms with E-state index in [9.17, 15) is 14.7 Å². The standard InChI is InChI=1S/C15H18ClNO4/c1-15(2,3)21-14(20)17-8-10-6-11(16)5-4-9(10)7-12(17)13(18)19/h4-6,12H,7-8H2,1-3H3,(H,18,19)/t12-/m0/s1. The van der Waals surface area contributed by atoms with E-state index in [1.54, 1.807) is 39.0 Å². The van der Waals surface area contributed by atoms with Crippen molar-refractivity contribution in [2.45, 2.75) is 45.4 Å². The van der Waals surface area contributed by atoms with Gasteiger partial charge in [0.15, 0.2) is 0 Å². The van der Waals surface area contributed by atoms with Crippen LogP contribution in [0.4, 0.5) is 4.79 Å². The molecule has 0 saturated heterocycles. The highest BCUT2D eigenvalue weighted by molar-refractivity contribution is 6.30. The van der Waals surface area contributed by atoms with Gasteiger partial charge < -0.3 is 9.84 Å². The van der Waals surface area contributed by atoms with Crippen molar-refractivity contribution in [3.63, 3.8) is 0 Å². The highest BCUT2D eigenvalue weighted by Crippen LogP contribution is 2.27. The van der Waals surface area contributed by atoms with E-state index >= 15 is 0 Å². The molecule has 114 valence electrons. The minimum absolute atomic E-state index is 0.182. The van der Waals surface area contributed by atoms with E-state index in [1.165, 1.54) is 4.90 Å². The van der Waals surface area contributed by atoms with Gasteiger partial charge in [-0.2, -0.15) is 0 Å². The van der Waals surface area contributed by atoms with Gasteiger partial charge in [-0.25, -0.2) is 9.59 Å². The average Bonchev–Trinajstić information content (AvgIpc) is 2.34. The lowest BCUT2D eigenvalue weighted by atomic mass is 9.94. The smallest absolute Gasteiger partial charge is 0.411 e. The molecule has 0 aliphatic carbocycles. The number of halogens is 1. The number of nitrogens with zero attached hydrogens (tertiary/aromatic N) is 1. The molecule has 21 heavy (non-hydrogen) atoms. The Morgan fingerprint density at radius 1 is 1.33 bits per heavy atom. The number of ether oxygens (including phenoxy) is 1. The Labute approximate surface area is 128 Å². The number of rotatable bonds is 1. The third-order valence-electron chi connectivity index (χ3n) is 3.21. The Kier molecular flexibility index (Phi) is 4.14. The molecule has 1 N–H and O–H groups in total. The summed E-state index contributed by atoms with van der Waals surface area (Å²) in [5.74, 6) is -1.04. The first-order valence-corrected chi connectivity index (χ1v) is 7.05. The van der Waals surface area contributed by atoms with Gasteiger partial charge in [-0.1, -0.05) is 17.7 Å². The molecule has 1 aromatic carbocycles. The summed E-state index contributed by atoms with van der Waals surface area (Å²) in [5, 5.41) is 9.92. The second-order valence-electron chi connectivity index (χ2n) is 6.08. The number of fused-ring (bicyclic) bond motifs is 1. The quantitative estimate of drug-likeness (QED) is 0.865. The Bertz CT molecular complexity index is 580. The summed E-state index contributed by atoms with van der Waals surface area (Å²) in [4.78, 5) is 24.9. The Morgan fingerprint density at radius 3 is 2.57 bits per heavy atom. The van der Waals surface area contributed by atoms with Crippen molar-refractivity contribution in [1.29, 1.82) is 0 Å². The fourth-order valence-electron chi connectivity index (χ4n) is 2.29. The van der Waals surface area contributed by atoms with Crippen LogP contribution in [0.5, 0.6) is 0 Å². The van der Waals surface area contributed by atoms with E-state index in [-0.39, 0.29) is 13.0 Å². The zero-order valence-electron chi connectivity index (χ0n) is 12.2. The molecule has 1 aromatic rings. The molecule has 1 atom stereocenters. The Morgan fingerprint density at radius 2 is 2.00 bits per heavy atom. The zero-order valence-corrected chi connectivity index (χ0v) is 13.0. The molecule has 0 spiro atoms. The van der Waals surface area contributed by atoms with Crippen LogP contribution < -0.4 is 0 Å². The normalized spacial score (nSPS) is 18.1. The van der Waals surface area contributed by atoms with Gasteiger partial charge >= 0.3 is 12.1 Å². The van der Waals surface area contributed by atoms with Crippen LogP contribution in [-0.4, -0.2) is 33.7 Å². The van der Waals surface area contributed by atoms with Crippen molar-refractivity contribution in [3.05, 3.63) is 34.3 Å². The summed E-state index contributed by atoms with van der Waals surface area (Å²) in [6, 6.07) is 4.36. The molecule has 0 bridgehead atoms. The number of hydrogen-bond donors (Lipinski definition) is 1. The Balaban J connectivity index is 2.30. The minimum Gasteiger partial charge on any atom is -0.480 e. The molecule has 0 aromatic heterocycles. The van der Waals surface area contributed by atoms with Gasteiger partial charge in [0.1, 0.15) is 11.6 Å². The molecular weight excluding hydrogens is 294 g/mol. The first kappa shape index (κ1) is 15.6. The monoisotopic (exact) mass is 311 g/mol. The molecule has 2 rings (SSSR count). The van der Waals surface area contributed by atoms with Crippen LogP contribution >= 0.6 is 11.6 Å². The molecular formula is C15H18ClNO4. The lowest BCUT2D eigenvalue weighted by Crippen LogP contribution is -2.50. The van der Waals surface area contributed by atoms with Crippen molar-refractivity contribution < 1.29 is 19.4 Å². The first-order valence-electron chi connectivity index (χ1n) is 6.67. The molecule has 0 radical (unpaired) electrons. The summed E-state index contributed by atoms with van der Waals surface area (Å²) >= 11 is 5.96. The summed E-state index contributed by atoms with van der Waals surface area (Å²) in [6.45, 7) is 5.42. The van der Waals surface area contributed by atoms with Crippen LogP contribution in [0.1, 0.15) is 31.9 Å². The van der Waals surface area contributed by atoms with E-state index in [0.717, 1.165) is 11.1 Å². The summed E-state index contributed by atoms with van der Waals surface area (Å²) in [5.41, 5.74) is 1.08. The third kappa shape index (κ3) is 3.67. The number of benzene rings is 1. The van der Waals surface area contributed by atoms with Crippen molar-refractivity contribution in [1.82, 2.24) is 4.90 Å². The van der Waals surface area contributed by atoms with Gasteiger partial charge in [-0.05, 0) is 44.0 Å². The summed E-state index contributed by atoms with van der Waals surface area (Å²) < 4.78 is 5.29. The topological polar surface area (TPSA) is 66.8 Å². The van der Waals surface area contributed by atoms with Crippen LogP contribution in [0.2, 0.25) is 5.02 Å². The van der Waals surface area contributed by atoms with Crippen molar-refractivity contribution >= 4 is 23.7 Å². The second-order valence-corrected chi connectivity index (χ2v) is 6.52. The maximum atomic E-state index is 12.2. The van der Waals surface area contributed by atoms with Gasteiger partial charge in [-0.3, -0.25) is 4.90 Å². The molecule has 5 nitrogen and oxygen atoms in total. The maximum Gasteiger partial charge on any atom is 0.411 e. The van der Waals surface area contributed by atoms with Gasteiger partial charge in [0.05, 0.1) is 6.54 Å². The largest absolute Gasteiger partial charge is 0.480 e. The van der Waals surface area contributed by atoms with Gasteiger partial charge in [0.2, 0.25) is 0 Å². The number of amides is 1. The average molecular weight is 312 g/mol. The number of aliphatic carboxylic acids is 1. The number of carboxylic acids is 1. The molecule has 0 unspecified atom stereocenters. The molecule has 0 saturated carbocycles. The van der Waals surface area contributed by atoms with E-state index in [2.05, 4.69) is 0 Å². The van der Waals surface area contributed by atoms with Crippen LogP contribution in [0.3, 0.4) is 0 Å². The van der Waals surface area contributed by atoms with Crippen LogP contribution in [0.25, 0.3) is 0 Å². The molecule has 1 aliphatic heterocycles. The predicted molar refractivity (Wildman–Crippen MR) is 78.4 cm³/mol. The molecule has 1 amide bonds. The number of carboxylic acid groups (broad SMARTS) is 1. The lowest BCUT2D eigenvalue weighted by Gasteiger charge is -2.35.